The highest BCUT2D eigenvalue weighted by Gasteiger charge is 2.18. The monoisotopic (exact) mass is 391 g/mol. The number of para-hydroxylation sites is 1. The van der Waals surface area contributed by atoms with Crippen molar-refractivity contribution >= 4 is 33.0 Å². The van der Waals surface area contributed by atoms with Crippen LogP contribution in [0.1, 0.15) is 10.4 Å². The van der Waals surface area contributed by atoms with E-state index in [2.05, 4.69) is 9.71 Å². The first-order valence-corrected chi connectivity index (χ1v) is 9.80. The number of carbonyl (C=O) groups is 1. The quantitative estimate of drug-likeness (QED) is 0.743. The Balaban J connectivity index is 1.96. The van der Waals surface area contributed by atoms with E-state index in [1.165, 1.54) is 23.5 Å². The third kappa shape index (κ3) is 3.89. The first kappa shape index (κ1) is 18.0. The van der Waals surface area contributed by atoms with E-state index in [0.717, 1.165) is 24.3 Å². The van der Waals surface area contributed by atoms with Gasteiger partial charge in [0.25, 0.3) is 15.9 Å². The molecule has 3 rings (SSSR count). The Labute approximate surface area is 153 Å². The summed E-state index contributed by atoms with van der Waals surface area (Å²) in [5.74, 6) is -1.11. The van der Waals surface area contributed by atoms with Crippen molar-refractivity contribution in [2.24, 2.45) is 12.0 Å². The summed E-state index contributed by atoms with van der Waals surface area (Å²) in [4.78, 5) is 16.9. The molecule has 3 aromatic rings. The Morgan fingerprint density at radius 2 is 1.85 bits per heavy atom. The fraction of sp³-hybridized carbons (Fsp3) is 0.0588. The first-order valence-electron chi connectivity index (χ1n) is 7.43. The number of amides is 1. The molecule has 1 aromatic heterocycles. The summed E-state index contributed by atoms with van der Waals surface area (Å²) in [6.07, 6.45) is 1.76. The number of carbonyl (C=O) groups excluding carboxylic acids is 1. The maximum atomic E-state index is 13.0. The van der Waals surface area contributed by atoms with Crippen LogP contribution in [0.15, 0.2) is 70.0 Å². The molecule has 9 heteroatoms. The molecule has 1 heterocycles. The van der Waals surface area contributed by atoms with Gasteiger partial charge < -0.3 is 4.57 Å². The van der Waals surface area contributed by atoms with E-state index < -0.39 is 21.7 Å². The molecular formula is C17H14FN3O3S2. The summed E-state index contributed by atoms with van der Waals surface area (Å²) < 4.78 is 42.0. The van der Waals surface area contributed by atoms with Crippen molar-refractivity contribution < 1.29 is 17.6 Å². The van der Waals surface area contributed by atoms with Crippen LogP contribution in [0, 0.1) is 5.82 Å². The maximum Gasteiger partial charge on any atom is 0.281 e. The summed E-state index contributed by atoms with van der Waals surface area (Å²) in [6.45, 7) is 0. The number of aryl methyl sites for hydroxylation is 1. The number of hydrogen-bond acceptors (Lipinski definition) is 4. The third-order valence-corrected chi connectivity index (χ3v) is 5.71. The van der Waals surface area contributed by atoms with Crippen LogP contribution in [0.2, 0.25) is 0 Å². The van der Waals surface area contributed by atoms with Crippen molar-refractivity contribution in [3.8, 4) is 0 Å². The van der Waals surface area contributed by atoms with Gasteiger partial charge in [0.2, 0.25) is 0 Å². The van der Waals surface area contributed by atoms with Crippen molar-refractivity contribution in [2.45, 2.75) is 4.90 Å². The number of hydrogen-bond donors (Lipinski definition) is 1. The molecule has 0 aliphatic carbocycles. The third-order valence-electron chi connectivity index (χ3n) is 3.48. The lowest BCUT2D eigenvalue weighted by Crippen LogP contribution is -2.17. The molecule has 0 aliphatic rings. The van der Waals surface area contributed by atoms with E-state index in [4.69, 9.17) is 0 Å². The highest BCUT2D eigenvalue weighted by Crippen LogP contribution is 2.21. The normalized spacial score (nSPS) is 12.2. The zero-order valence-electron chi connectivity index (χ0n) is 13.6. The lowest BCUT2D eigenvalue weighted by molar-refractivity contribution is 0.0998. The number of rotatable bonds is 4. The molecule has 0 unspecified atom stereocenters. The summed E-state index contributed by atoms with van der Waals surface area (Å²) in [7, 11) is -2.21. The van der Waals surface area contributed by atoms with Crippen LogP contribution in [0.3, 0.4) is 0 Å². The van der Waals surface area contributed by atoms with Crippen LogP contribution in [0.4, 0.5) is 10.1 Å². The zero-order chi connectivity index (χ0) is 18.7. The molecule has 6 nitrogen and oxygen atoms in total. The molecule has 134 valence electrons. The van der Waals surface area contributed by atoms with Crippen molar-refractivity contribution in [3.63, 3.8) is 0 Å². The SMILES string of the molecule is Cn1ccsc1=NC(=O)c1ccccc1NS(=O)(=O)c1ccc(F)cc1. The maximum absolute atomic E-state index is 13.0. The van der Waals surface area contributed by atoms with Gasteiger partial charge in [-0.25, -0.2) is 12.8 Å². The Morgan fingerprint density at radius 3 is 2.50 bits per heavy atom. The standard InChI is InChI=1S/C17H14FN3O3S2/c1-21-10-11-25-17(21)19-16(22)14-4-2-3-5-15(14)20-26(23,24)13-8-6-12(18)7-9-13/h2-11,20H,1H3. The first-order chi connectivity index (χ1) is 12.4. The fourth-order valence-electron chi connectivity index (χ4n) is 2.16. The molecule has 0 saturated carbocycles. The Bertz CT molecular complexity index is 1120. The van der Waals surface area contributed by atoms with E-state index in [-0.39, 0.29) is 16.1 Å². The number of benzene rings is 2. The van der Waals surface area contributed by atoms with Gasteiger partial charge in [0.1, 0.15) is 5.82 Å². The molecular weight excluding hydrogens is 377 g/mol. The van der Waals surface area contributed by atoms with Gasteiger partial charge in [0.05, 0.1) is 16.1 Å². The second-order valence-corrected chi connectivity index (χ2v) is 7.87. The van der Waals surface area contributed by atoms with Crippen LogP contribution >= 0.6 is 11.3 Å². The molecule has 0 saturated heterocycles. The average molecular weight is 391 g/mol. The number of thiazole rings is 1. The van der Waals surface area contributed by atoms with Crippen molar-refractivity contribution in [2.75, 3.05) is 4.72 Å². The molecule has 0 aliphatic heterocycles. The smallest absolute Gasteiger partial charge is 0.281 e. The van der Waals surface area contributed by atoms with E-state index in [1.54, 1.807) is 35.3 Å². The number of anilines is 1. The number of aromatic nitrogens is 1. The van der Waals surface area contributed by atoms with Gasteiger partial charge >= 0.3 is 0 Å². The molecule has 0 radical (unpaired) electrons. The zero-order valence-corrected chi connectivity index (χ0v) is 15.2. The highest BCUT2D eigenvalue weighted by atomic mass is 32.2. The minimum atomic E-state index is -3.97. The van der Waals surface area contributed by atoms with Gasteiger partial charge in [0.15, 0.2) is 4.80 Å². The predicted octanol–water partition coefficient (Wildman–Crippen LogP) is 2.77. The molecule has 0 spiro atoms. The molecule has 0 atom stereocenters. The predicted molar refractivity (Wildman–Crippen MR) is 96.8 cm³/mol. The Hall–Kier alpha value is -2.78. The molecule has 1 amide bonds. The van der Waals surface area contributed by atoms with Crippen LogP contribution in [-0.4, -0.2) is 18.9 Å². The van der Waals surface area contributed by atoms with Crippen molar-refractivity contribution in [1.29, 1.82) is 0 Å². The van der Waals surface area contributed by atoms with Crippen LogP contribution in [-0.2, 0) is 17.1 Å². The molecule has 0 bridgehead atoms. The van der Waals surface area contributed by atoms with Gasteiger partial charge in [0, 0.05) is 18.6 Å². The highest BCUT2D eigenvalue weighted by molar-refractivity contribution is 7.92. The van der Waals surface area contributed by atoms with Gasteiger partial charge in [-0.2, -0.15) is 4.99 Å². The number of nitrogens with one attached hydrogen (secondary N) is 1. The summed E-state index contributed by atoms with van der Waals surface area (Å²) in [6, 6.07) is 10.6. The number of sulfonamides is 1. The minimum absolute atomic E-state index is 0.102. The second-order valence-electron chi connectivity index (χ2n) is 5.32. The molecule has 0 fully saturated rings. The fourth-order valence-corrected chi connectivity index (χ4v) is 3.97. The lowest BCUT2D eigenvalue weighted by atomic mass is 10.2. The van der Waals surface area contributed by atoms with Crippen molar-refractivity contribution in [1.82, 2.24) is 4.57 Å². The topological polar surface area (TPSA) is 80.5 Å². The number of nitrogens with zero attached hydrogens (tertiary/aromatic N) is 2. The van der Waals surface area contributed by atoms with Crippen LogP contribution < -0.4 is 9.52 Å². The molecule has 2 aromatic carbocycles. The minimum Gasteiger partial charge on any atom is -0.327 e. The van der Waals surface area contributed by atoms with E-state index in [0.29, 0.717) is 4.80 Å². The van der Waals surface area contributed by atoms with E-state index in [9.17, 15) is 17.6 Å². The van der Waals surface area contributed by atoms with Gasteiger partial charge in [-0.05, 0) is 36.4 Å². The van der Waals surface area contributed by atoms with Crippen molar-refractivity contribution in [3.05, 3.63) is 76.3 Å². The Kier molecular flexibility index (Phi) is 5.01. The Morgan fingerprint density at radius 1 is 1.15 bits per heavy atom. The number of halogens is 1. The van der Waals surface area contributed by atoms with E-state index >= 15 is 0 Å². The van der Waals surface area contributed by atoms with Gasteiger partial charge in [-0.15, -0.1) is 11.3 Å². The average Bonchev–Trinajstić information content (AvgIpc) is 3.00. The lowest BCUT2D eigenvalue weighted by Gasteiger charge is -2.10. The van der Waals surface area contributed by atoms with Crippen LogP contribution in [0.5, 0.6) is 0 Å². The van der Waals surface area contributed by atoms with Gasteiger partial charge in [-0.3, -0.25) is 9.52 Å². The molecule has 26 heavy (non-hydrogen) atoms. The summed E-state index contributed by atoms with van der Waals surface area (Å²) in [5, 5.41) is 1.79. The molecule has 1 N–H and O–H groups in total. The largest absolute Gasteiger partial charge is 0.327 e. The summed E-state index contributed by atoms with van der Waals surface area (Å²) >= 11 is 1.29. The van der Waals surface area contributed by atoms with Gasteiger partial charge in [-0.1, -0.05) is 12.1 Å². The van der Waals surface area contributed by atoms with E-state index in [1.807, 2.05) is 0 Å². The second kappa shape index (κ2) is 7.22. The van der Waals surface area contributed by atoms with Crippen LogP contribution in [0.25, 0.3) is 0 Å². The summed E-state index contributed by atoms with van der Waals surface area (Å²) in [5.41, 5.74) is 0.219.